The van der Waals surface area contributed by atoms with Crippen molar-refractivity contribution in [2.75, 3.05) is 11.1 Å². The Labute approximate surface area is 159 Å². The molecule has 27 heavy (non-hydrogen) atoms. The van der Waals surface area contributed by atoms with E-state index in [-0.39, 0.29) is 11.6 Å². The van der Waals surface area contributed by atoms with E-state index in [1.807, 2.05) is 0 Å². The highest BCUT2D eigenvalue weighted by atomic mass is 32.1. The second-order valence-electron chi connectivity index (χ2n) is 8.24. The maximum atomic E-state index is 12.9. The first kappa shape index (κ1) is 15.6. The van der Waals surface area contributed by atoms with Gasteiger partial charge in [0.15, 0.2) is 5.13 Å². The predicted molar refractivity (Wildman–Crippen MR) is 102 cm³/mol. The molecule has 3 aromatic rings. The normalized spacial score (nSPS) is 31.0. The van der Waals surface area contributed by atoms with E-state index in [0.717, 1.165) is 17.0 Å². The van der Waals surface area contributed by atoms with E-state index < -0.39 is 0 Å². The molecule has 4 atom stereocenters. The van der Waals surface area contributed by atoms with Crippen LogP contribution in [0, 0.1) is 17.3 Å². The van der Waals surface area contributed by atoms with E-state index in [2.05, 4.69) is 20.6 Å². The minimum Gasteiger partial charge on any atom is -0.382 e. The van der Waals surface area contributed by atoms with Crippen molar-refractivity contribution in [2.45, 2.75) is 38.1 Å². The summed E-state index contributed by atoms with van der Waals surface area (Å²) in [6, 6.07) is 5.59. The lowest BCUT2D eigenvalue weighted by Crippen LogP contribution is -2.20. The van der Waals surface area contributed by atoms with Crippen molar-refractivity contribution in [3.05, 3.63) is 28.6 Å². The molecule has 3 aliphatic carbocycles. The Morgan fingerprint density at radius 1 is 1.26 bits per heavy atom. The number of ketones is 1. The van der Waals surface area contributed by atoms with Crippen LogP contribution in [0.25, 0.3) is 11.0 Å². The van der Waals surface area contributed by atoms with Crippen LogP contribution >= 0.6 is 11.3 Å². The molecule has 3 aliphatic rings. The zero-order chi connectivity index (χ0) is 18.2. The monoisotopic (exact) mass is 381 g/mol. The van der Waals surface area contributed by atoms with Gasteiger partial charge in [-0.1, -0.05) is 17.8 Å². The van der Waals surface area contributed by atoms with Gasteiger partial charge in [-0.25, -0.2) is 9.61 Å². The number of carbonyl (C=O) groups excluding carboxylic acids is 1. The van der Waals surface area contributed by atoms with Crippen molar-refractivity contribution in [1.29, 1.82) is 0 Å². The van der Waals surface area contributed by atoms with Gasteiger partial charge in [-0.15, -0.1) is 0 Å². The number of hydrogen-bond donors (Lipinski definition) is 2. The molecular formula is C19H19N5O2S. The number of benzene rings is 1. The molecule has 0 aliphatic heterocycles. The Kier molecular flexibility index (Phi) is 3.05. The van der Waals surface area contributed by atoms with Crippen molar-refractivity contribution >= 4 is 39.1 Å². The van der Waals surface area contributed by atoms with E-state index in [1.165, 1.54) is 43.4 Å². The lowest BCUT2D eigenvalue weighted by atomic mass is 9.85. The third-order valence-corrected chi connectivity index (χ3v) is 7.82. The van der Waals surface area contributed by atoms with Crippen molar-refractivity contribution in [1.82, 2.24) is 15.3 Å². The van der Waals surface area contributed by atoms with Gasteiger partial charge in [-0.3, -0.25) is 4.79 Å². The van der Waals surface area contributed by atoms with Crippen molar-refractivity contribution < 1.29 is 9.42 Å². The average Bonchev–Trinajstić information content (AvgIpc) is 3.19. The van der Waals surface area contributed by atoms with E-state index in [9.17, 15) is 4.79 Å². The fourth-order valence-corrected chi connectivity index (χ4v) is 6.34. The number of hydrogen-bond acceptors (Lipinski definition) is 8. The van der Waals surface area contributed by atoms with Gasteiger partial charge in [0.1, 0.15) is 21.7 Å². The molecule has 6 rings (SSSR count). The summed E-state index contributed by atoms with van der Waals surface area (Å²) in [7, 11) is 0. The highest BCUT2D eigenvalue weighted by Crippen LogP contribution is 2.69. The number of aromatic nitrogens is 3. The van der Waals surface area contributed by atoms with E-state index in [1.54, 1.807) is 18.2 Å². The van der Waals surface area contributed by atoms with Crippen LogP contribution in [0.3, 0.4) is 0 Å². The first-order valence-corrected chi connectivity index (χ1v) is 10.2. The van der Waals surface area contributed by atoms with Gasteiger partial charge in [0.25, 0.3) is 0 Å². The van der Waals surface area contributed by atoms with Crippen LogP contribution < -0.4 is 11.1 Å². The minimum atomic E-state index is -0.145. The number of carbonyl (C=O) groups is 1. The summed E-state index contributed by atoms with van der Waals surface area (Å²) in [4.78, 5) is 17.8. The standard InChI is InChI=1S/C19H19N5O2S/c20-17-16(15(25)10-2-4-12-13(6-10)24-26-23-12)27-18(22-17)21-14-8-19(14)7-9-1-3-11(19)5-9/h2,4,6,9,11,14H,1,3,5,7-8,20H2,(H,21,22). The number of anilines is 2. The molecular weight excluding hydrogens is 362 g/mol. The van der Waals surface area contributed by atoms with Crippen LogP contribution in [0.1, 0.15) is 47.3 Å². The third-order valence-electron chi connectivity index (χ3n) is 6.81. The first-order valence-electron chi connectivity index (χ1n) is 9.42. The number of rotatable bonds is 4. The Morgan fingerprint density at radius 2 is 2.15 bits per heavy atom. The number of nitrogens with two attached hydrogens (primary N) is 1. The van der Waals surface area contributed by atoms with Crippen LogP contribution in [0.15, 0.2) is 22.8 Å². The number of nitrogens with zero attached hydrogens (tertiary/aromatic N) is 3. The van der Waals surface area contributed by atoms with Crippen LogP contribution in [0.5, 0.6) is 0 Å². The molecule has 0 radical (unpaired) electrons. The van der Waals surface area contributed by atoms with Crippen LogP contribution in [-0.2, 0) is 0 Å². The maximum Gasteiger partial charge on any atom is 0.206 e. The SMILES string of the molecule is Nc1nc(NC2CC23CC2CCC3C2)sc1C(=O)c1ccc2nonc2c1. The Bertz CT molecular complexity index is 1080. The summed E-state index contributed by atoms with van der Waals surface area (Å²) in [6.45, 7) is 0. The topological polar surface area (TPSA) is 107 Å². The molecule has 3 saturated carbocycles. The summed E-state index contributed by atoms with van der Waals surface area (Å²) >= 11 is 1.34. The lowest BCUT2D eigenvalue weighted by molar-refractivity contribution is 0.104. The van der Waals surface area contributed by atoms with Gasteiger partial charge in [0.2, 0.25) is 5.78 Å². The molecule has 138 valence electrons. The smallest absolute Gasteiger partial charge is 0.206 e. The minimum absolute atomic E-state index is 0.145. The van der Waals surface area contributed by atoms with Gasteiger partial charge in [-0.05, 0) is 71.4 Å². The number of fused-ring (bicyclic) bond motifs is 4. The largest absolute Gasteiger partial charge is 0.382 e. The average molecular weight is 381 g/mol. The van der Waals surface area contributed by atoms with Crippen LogP contribution in [0.2, 0.25) is 0 Å². The number of thiazole rings is 1. The molecule has 4 unspecified atom stereocenters. The molecule has 0 saturated heterocycles. The van der Waals surface area contributed by atoms with Crippen molar-refractivity contribution in [3.63, 3.8) is 0 Å². The zero-order valence-electron chi connectivity index (χ0n) is 14.6. The lowest BCUT2D eigenvalue weighted by Gasteiger charge is -2.22. The second-order valence-corrected chi connectivity index (χ2v) is 9.24. The molecule has 2 heterocycles. The molecule has 1 aromatic carbocycles. The zero-order valence-corrected chi connectivity index (χ0v) is 15.5. The molecule has 2 aromatic heterocycles. The molecule has 8 heteroatoms. The predicted octanol–water partition coefficient (Wildman–Crippen LogP) is 3.48. The highest BCUT2D eigenvalue weighted by molar-refractivity contribution is 7.18. The third kappa shape index (κ3) is 2.25. The van der Waals surface area contributed by atoms with Gasteiger partial charge in [0.05, 0.1) is 0 Å². The molecule has 0 amide bonds. The maximum absolute atomic E-state index is 12.9. The molecule has 3 N–H and O–H groups in total. The summed E-state index contributed by atoms with van der Waals surface area (Å²) < 4.78 is 4.69. The fraction of sp³-hybridized carbons (Fsp3) is 0.474. The Hall–Kier alpha value is -2.48. The summed E-state index contributed by atoms with van der Waals surface area (Å²) in [5.41, 5.74) is 8.24. The summed E-state index contributed by atoms with van der Waals surface area (Å²) in [5, 5.41) is 11.9. The molecule has 2 bridgehead atoms. The molecule has 7 nitrogen and oxygen atoms in total. The highest BCUT2D eigenvalue weighted by Gasteiger charge is 2.65. The number of nitrogens with one attached hydrogen (secondary N) is 1. The summed E-state index contributed by atoms with van der Waals surface area (Å²) in [5.74, 6) is 1.95. The Morgan fingerprint density at radius 3 is 2.96 bits per heavy atom. The fourth-order valence-electron chi connectivity index (χ4n) is 5.44. The van der Waals surface area contributed by atoms with Crippen molar-refractivity contribution in [2.24, 2.45) is 17.3 Å². The van der Waals surface area contributed by atoms with E-state index in [0.29, 0.717) is 32.9 Å². The molecule has 3 fully saturated rings. The van der Waals surface area contributed by atoms with Crippen molar-refractivity contribution in [3.8, 4) is 0 Å². The van der Waals surface area contributed by atoms with Gasteiger partial charge in [-0.2, -0.15) is 0 Å². The Balaban J connectivity index is 1.23. The van der Waals surface area contributed by atoms with E-state index in [4.69, 9.17) is 10.4 Å². The van der Waals surface area contributed by atoms with Crippen LogP contribution in [-0.4, -0.2) is 27.1 Å². The summed E-state index contributed by atoms with van der Waals surface area (Å²) in [6.07, 6.45) is 6.78. The van der Waals surface area contributed by atoms with Gasteiger partial charge >= 0.3 is 0 Å². The second kappa shape index (κ2) is 5.28. The van der Waals surface area contributed by atoms with Gasteiger partial charge < -0.3 is 11.1 Å². The molecule has 1 spiro atoms. The quantitative estimate of drug-likeness (QED) is 0.666. The first-order chi connectivity index (χ1) is 13.1. The van der Waals surface area contributed by atoms with Crippen LogP contribution in [0.4, 0.5) is 10.9 Å². The van der Waals surface area contributed by atoms with E-state index >= 15 is 0 Å². The van der Waals surface area contributed by atoms with Gasteiger partial charge in [0, 0.05) is 11.6 Å². The number of nitrogen functional groups attached to an aromatic ring is 1.